The van der Waals surface area contributed by atoms with Crippen LogP contribution in [0.2, 0.25) is 5.02 Å². The third-order valence-corrected chi connectivity index (χ3v) is 2.69. The van der Waals surface area contributed by atoms with Crippen LogP contribution < -0.4 is 0 Å². The number of aromatic hydroxyl groups is 1. The Labute approximate surface area is 90.7 Å². The van der Waals surface area contributed by atoms with E-state index in [1.807, 2.05) is 6.07 Å². The van der Waals surface area contributed by atoms with Gasteiger partial charge in [-0.25, -0.2) is 0 Å². The topological polar surface area (TPSA) is 20.2 Å². The van der Waals surface area contributed by atoms with Crippen molar-refractivity contribution in [3.63, 3.8) is 0 Å². The lowest BCUT2D eigenvalue weighted by atomic mass is 10.1. The second-order valence-corrected chi connectivity index (χ2v) is 3.99. The first-order valence-corrected chi connectivity index (χ1v) is 5.59. The molecular formula is C12H17ClO. The Kier molecular flexibility index (Phi) is 4.81. The summed E-state index contributed by atoms with van der Waals surface area (Å²) in [5.74, 6) is 0.243. The predicted molar refractivity (Wildman–Crippen MR) is 61.0 cm³/mol. The van der Waals surface area contributed by atoms with E-state index in [1.54, 1.807) is 12.1 Å². The smallest absolute Gasteiger partial charge is 0.117 e. The number of unbranched alkanes of at least 4 members (excludes halogenated alkanes) is 3. The number of phenolic OH excluding ortho intramolecular Hbond substituents is 1. The molecule has 1 nitrogen and oxygen atoms in total. The van der Waals surface area contributed by atoms with Gasteiger partial charge in [0.15, 0.2) is 0 Å². The molecule has 14 heavy (non-hydrogen) atoms. The Morgan fingerprint density at radius 2 is 2.00 bits per heavy atom. The molecule has 0 amide bonds. The first kappa shape index (κ1) is 11.4. The molecule has 78 valence electrons. The van der Waals surface area contributed by atoms with E-state index >= 15 is 0 Å². The third kappa shape index (κ3) is 3.59. The minimum Gasteiger partial charge on any atom is -0.508 e. The van der Waals surface area contributed by atoms with Crippen molar-refractivity contribution in [1.82, 2.24) is 0 Å². The number of benzene rings is 1. The van der Waals surface area contributed by atoms with E-state index in [9.17, 15) is 0 Å². The second kappa shape index (κ2) is 5.92. The summed E-state index contributed by atoms with van der Waals surface area (Å²) in [6.45, 7) is 2.20. The van der Waals surface area contributed by atoms with Crippen LogP contribution in [0.3, 0.4) is 0 Å². The Hall–Kier alpha value is -0.690. The van der Waals surface area contributed by atoms with Gasteiger partial charge in [0.05, 0.1) is 0 Å². The summed E-state index contributed by atoms with van der Waals surface area (Å²) in [4.78, 5) is 0. The van der Waals surface area contributed by atoms with Crippen molar-refractivity contribution in [2.75, 3.05) is 0 Å². The molecule has 0 aliphatic carbocycles. The van der Waals surface area contributed by atoms with Gasteiger partial charge in [-0.15, -0.1) is 0 Å². The van der Waals surface area contributed by atoms with E-state index in [4.69, 9.17) is 16.7 Å². The fraction of sp³-hybridized carbons (Fsp3) is 0.500. The summed E-state index contributed by atoms with van der Waals surface area (Å²) in [5.41, 5.74) is 1.14. The summed E-state index contributed by atoms with van der Waals surface area (Å²) in [7, 11) is 0. The average molecular weight is 213 g/mol. The molecule has 0 saturated carbocycles. The van der Waals surface area contributed by atoms with Crippen LogP contribution >= 0.6 is 11.6 Å². The van der Waals surface area contributed by atoms with E-state index in [2.05, 4.69) is 6.92 Å². The van der Waals surface area contributed by atoms with Crippen molar-refractivity contribution in [3.05, 3.63) is 28.8 Å². The van der Waals surface area contributed by atoms with Crippen LogP contribution in [-0.2, 0) is 6.42 Å². The zero-order chi connectivity index (χ0) is 10.4. The van der Waals surface area contributed by atoms with E-state index in [-0.39, 0.29) is 5.75 Å². The highest BCUT2D eigenvalue weighted by Gasteiger charge is 2.00. The molecule has 0 bridgehead atoms. The third-order valence-electron chi connectivity index (χ3n) is 2.34. The standard InChI is InChI=1S/C12H17ClO/c1-2-3-4-5-6-10-7-8-11(14)9-12(10)13/h7-9,14H,2-6H2,1H3. The Balaban J connectivity index is 2.42. The molecule has 0 heterocycles. The highest BCUT2D eigenvalue weighted by molar-refractivity contribution is 6.31. The van der Waals surface area contributed by atoms with Crippen molar-refractivity contribution >= 4 is 11.6 Å². The quantitative estimate of drug-likeness (QED) is 0.727. The first-order chi connectivity index (χ1) is 6.74. The molecular weight excluding hydrogens is 196 g/mol. The molecule has 2 heteroatoms. The monoisotopic (exact) mass is 212 g/mol. The SMILES string of the molecule is CCCCCCc1ccc(O)cc1Cl. The van der Waals surface area contributed by atoms with Crippen LogP contribution in [0, 0.1) is 0 Å². The van der Waals surface area contributed by atoms with Crippen LogP contribution in [0.5, 0.6) is 5.75 Å². The van der Waals surface area contributed by atoms with Gasteiger partial charge in [-0.3, -0.25) is 0 Å². The van der Waals surface area contributed by atoms with E-state index < -0.39 is 0 Å². The average Bonchev–Trinajstić information content (AvgIpc) is 2.15. The summed E-state index contributed by atoms with van der Waals surface area (Å²) in [6.07, 6.45) is 5.99. The summed E-state index contributed by atoms with van der Waals surface area (Å²) in [5, 5.41) is 9.84. The van der Waals surface area contributed by atoms with Gasteiger partial charge in [-0.1, -0.05) is 43.9 Å². The zero-order valence-corrected chi connectivity index (χ0v) is 9.35. The maximum Gasteiger partial charge on any atom is 0.117 e. The molecule has 0 aromatic heterocycles. The van der Waals surface area contributed by atoms with Crippen molar-refractivity contribution < 1.29 is 5.11 Å². The van der Waals surface area contributed by atoms with Gasteiger partial charge < -0.3 is 5.11 Å². The largest absolute Gasteiger partial charge is 0.508 e. The van der Waals surface area contributed by atoms with E-state index in [0.717, 1.165) is 12.0 Å². The lowest BCUT2D eigenvalue weighted by Gasteiger charge is -2.04. The molecule has 1 N–H and O–H groups in total. The fourth-order valence-electron chi connectivity index (χ4n) is 1.48. The first-order valence-electron chi connectivity index (χ1n) is 5.21. The van der Waals surface area contributed by atoms with Gasteiger partial charge in [0.25, 0.3) is 0 Å². The number of hydrogen-bond acceptors (Lipinski definition) is 1. The van der Waals surface area contributed by atoms with Gasteiger partial charge in [-0.2, -0.15) is 0 Å². The molecule has 1 rings (SSSR count). The fourth-order valence-corrected chi connectivity index (χ4v) is 1.75. The summed E-state index contributed by atoms with van der Waals surface area (Å²) in [6, 6.07) is 5.21. The number of rotatable bonds is 5. The number of halogens is 1. The lowest BCUT2D eigenvalue weighted by Crippen LogP contribution is -1.87. The van der Waals surface area contributed by atoms with Crippen molar-refractivity contribution in [2.45, 2.75) is 39.0 Å². The Morgan fingerprint density at radius 1 is 1.21 bits per heavy atom. The maximum atomic E-state index is 9.16. The lowest BCUT2D eigenvalue weighted by molar-refractivity contribution is 0.475. The molecule has 1 aromatic carbocycles. The van der Waals surface area contributed by atoms with Crippen LogP contribution in [-0.4, -0.2) is 5.11 Å². The predicted octanol–water partition coefficient (Wildman–Crippen LogP) is 4.17. The van der Waals surface area contributed by atoms with Gasteiger partial charge >= 0.3 is 0 Å². The molecule has 0 radical (unpaired) electrons. The maximum absolute atomic E-state index is 9.16. The van der Waals surface area contributed by atoms with Crippen LogP contribution in [0.4, 0.5) is 0 Å². The van der Waals surface area contributed by atoms with Crippen molar-refractivity contribution in [1.29, 1.82) is 0 Å². The molecule has 0 spiro atoms. The highest BCUT2D eigenvalue weighted by atomic mass is 35.5. The van der Waals surface area contributed by atoms with E-state index in [0.29, 0.717) is 5.02 Å². The normalized spacial score (nSPS) is 10.4. The second-order valence-electron chi connectivity index (χ2n) is 3.59. The molecule has 0 atom stereocenters. The summed E-state index contributed by atoms with van der Waals surface area (Å²) < 4.78 is 0. The van der Waals surface area contributed by atoms with Crippen LogP contribution in [0.15, 0.2) is 18.2 Å². The van der Waals surface area contributed by atoms with Crippen molar-refractivity contribution in [2.24, 2.45) is 0 Å². The Morgan fingerprint density at radius 3 is 2.64 bits per heavy atom. The molecule has 0 saturated heterocycles. The molecule has 1 aromatic rings. The molecule has 0 fully saturated rings. The van der Waals surface area contributed by atoms with Crippen LogP contribution in [0.1, 0.15) is 38.2 Å². The number of hydrogen-bond donors (Lipinski definition) is 1. The van der Waals surface area contributed by atoms with Crippen LogP contribution in [0.25, 0.3) is 0 Å². The zero-order valence-electron chi connectivity index (χ0n) is 8.59. The van der Waals surface area contributed by atoms with Crippen molar-refractivity contribution in [3.8, 4) is 5.75 Å². The summed E-state index contributed by atoms with van der Waals surface area (Å²) >= 11 is 5.98. The van der Waals surface area contributed by atoms with Gasteiger partial charge in [0.1, 0.15) is 5.75 Å². The minimum atomic E-state index is 0.243. The minimum absolute atomic E-state index is 0.243. The molecule has 0 unspecified atom stereocenters. The number of phenols is 1. The van der Waals surface area contributed by atoms with Gasteiger partial charge in [0.2, 0.25) is 0 Å². The van der Waals surface area contributed by atoms with Gasteiger partial charge in [0, 0.05) is 5.02 Å². The number of aryl methyl sites for hydroxylation is 1. The molecule has 0 aliphatic heterocycles. The molecule has 0 aliphatic rings. The van der Waals surface area contributed by atoms with Gasteiger partial charge in [-0.05, 0) is 30.5 Å². The Bertz CT molecular complexity index is 284. The van der Waals surface area contributed by atoms with E-state index in [1.165, 1.54) is 25.7 Å². The highest BCUT2D eigenvalue weighted by Crippen LogP contribution is 2.23.